The second-order valence-electron chi connectivity index (χ2n) is 11.3. The third-order valence-corrected chi connectivity index (χ3v) is 9.04. The molecule has 5 atom stereocenters. The standard InChI is InChI=1S/C31H39N3O5/c1-4-30-16-17-31(39-30)24(23(30)27(36)32-22-14-7-5-8-15-22)29(38)34(18-9-6-10-19-35)26(31)28(37)33-25-20(2)12-11-13-21(25)3/h5,7-8,11-15,23-24,26,35H,4,6,9-10,16-19H2,1-3H3,(H,32,36)(H,33,37)/t23-,24+,26?,30+,31?/m1/s1. The van der Waals surface area contributed by atoms with E-state index in [1.165, 1.54) is 0 Å². The predicted molar refractivity (Wildman–Crippen MR) is 149 cm³/mol. The van der Waals surface area contributed by atoms with Crippen molar-refractivity contribution in [1.29, 1.82) is 0 Å². The third-order valence-electron chi connectivity index (χ3n) is 9.04. The molecule has 5 rings (SSSR count). The lowest BCUT2D eigenvalue weighted by molar-refractivity contribution is -0.144. The number of hydrogen-bond acceptors (Lipinski definition) is 5. The topological polar surface area (TPSA) is 108 Å². The Kier molecular flexibility index (Phi) is 7.53. The summed E-state index contributed by atoms with van der Waals surface area (Å²) in [5.41, 5.74) is 1.44. The summed E-state index contributed by atoms with van der Waals surface area (Å²) in [5, 5.41) is 15.4. The molecule has 3 amide bonds. The highest BCUT2D eigenvalue weighted by Crippen LogP contribution is 2.64. The van der Waals surface area contributed by atoms with Crippen LogP contribution >= 0.6 is 0 Å². The number of ether oxygens (including phenoxy) is 1. The maximum Gasteiger partial charge on any atom is 0.250 e. The molecule has 0 saturated carbocycles. The maximum atomic E-state index is 14.2. The largest absolute Gasteiger partial charge is 0.396 e. The van der Waals surface area contributed by atoms with Gasteiger partial charge in [0, 0.05) is 24.5 Å². The molecule has 8 heteroatoms. The van der Waals surface area contributed by atoms with E-state index < -0.39 is 29.1 Å². The Morgan fingerprint density at radius 1 is 0.974 bits per heavy atom. The van der Waals surface area contributed by atoms with Gasteiger partial charge in [-0.3, -0.25) is 14.4 Å². The minimum absolute atomic E-state index is 0.0842. The zero-order valence-electron chi connectivity index (χ0n) is 23.0. The van der Waals surface area contributed by atoms with Crippen molar-refractivity contribution < 1.29 is 24.2 Å². The lowest BCUT2D eigenvalue weighted by Crippen LogP contribution is -2.53. The van der Waals surface area contributed by atoms with Gasteiger partial charge in [-0.1, -0.05) is 43.3 Å². The fourth-order valence-electron chi connectivity index (χ4n) is 7.17. The van der Waals surface area contributed by atoms with Crippen molar-refractivity contribution >= 4 is 29.1 Å². The number of aryl methyl sites for hydroxylation is 2. The molecule has 3 N–H and O–H groups in total. The number of anilines is 2. The summed E-state index contributed by atoms with van der Waals surface area (Å²) in [4.78, 5) is 43.8. The summed E-state index contributed by atoms with van der Waals surface area (Å²) in [6, 6.07) is 14.2. The first-order valence-corrected chi connectivity index (χ1v) is 14.1. The highest BCUT2D eigenvalue weighted by molar-refractivity contribution is 6.05. The molecule has 3 heterocycles. The van der Waals surface area contributed by atoms with Crippen molar-refractivity contribution in [2.75, 3.05) is 23.8 Å². The van der Waals surface area contributed by atoms with Crippen LogP contribution in [0.15, 0.2) is 48.5 Å². The van der Waals surface area contributed by atoms with E-state index in [9.17, 15) is 19.5 Å². The van der Waals surface area contributed by atoms with Crippen LogP contribution in [-0.2, 0) is 19.1 Å². The molecule has 1 spiro atoms. The van der Waals surface area contributed by atoms with Crippen molar-refractivity contribution in [3.63, 3.8) is 0 Å². The molecule has 2 aromatic rings. The number of amides is 3. The summed E-state index contributed by atoms with van der Waals surface area (Å²) in [6.45, 7) is 6.35. The number of nitrogens with zero attached hydrogens (tertiary/aromatic N) is 1. The summed E-state index contributed by atoms with van der Waals surface area (Å²) >= 11 is 0. The zero-order chi connectivity index (χ0) is 27.8. The Hall–Kier alpha value is -3.23. The highest BCUT2D eigenvalue weighted by atomic mass is 16.5. The molecule has 8 nitrogen and oxygen atoms in total. The molecule has 2 unspecified atom stereocenters. The molecule has 3 aliphatic rings. The summed E-state index contributed by atoms with van der Waals surface area (Å²) in [6.07, 6.45) is 3.76. The summed E-state index contributed by atoms with van der Waals surface area (Å²) in [7, 11) is 0. The van der Waals surface area contributed by atoms with Crippen LogP contribution in [0.4, 0.5) is 11.4 Å². The van der Waals surface area contributed by atoms with Crippen LogP contribution in [0, 0.1) is 25.7 Å². The summed E-state index contributed by atoms with van der Waals surface area (Å²) in [5.74, 6) is -2.13. The number of nitrogens with one attached hydrogen (secondary N) is 2. The smallest absolute Gasteiger partial charge is 0.250 e. The van der Waals surface area contributed by atoms with Crippen molar-refractivity contribution in [1.82, 2.24) is 4.90 Å². The van der Waals surface area contributed by atoms with Crippen LogP contribution in [0.3, 0.4) is 0 Å². The van der Waals surface area contributed by atoms with Gasteiger partial charge >= 0.3 is 0 Å². The van der Waals surface area contributed by atoms with E-state index in [0.29, 0.717) is 44.3 Å². The van der Waals surface area contributed by atoms with Crippen LogP contribution in [0.5, 0.6) is 0 Å². The average Bonchev–Trinajstić information content (AvgIpc) is 3.53. The number of fused-ring (bicyclic) bond motifs is 1. The Balaban J connectivity index is 1.51. The molecule has 208 valence electrons. The molecule has 0 aliphatic carbocycles. The van der Waals surface area contributed by atoms with Gasteiger partial charge in [0.25, 0.3) is 0 Å². The monoisotopic (exact) mass is 533 g/mol. The Labute approximate surface area is 230 Å². The minimum Gasteiger partial charge on any atom is -0.396 e. The van der Waals surface area contributed by atoms with E-state index in [2.05, 4.69) is 10.6 Å². The fourth-order valence-corrected chi connectivity index (χ4v) is 7.17. The van der Waals surface area contributed by atoms with Crippen molar-refractivity contribution in [3.8, 4) is 0 Å². The average molecular weight is 534 g/mol. The van der Waals surface area contributed by atoms with Gasteiger partial charge in [-0.15, -0.1) is 0 Å². The number of para-hydroxylation sites is 2. The predicted octanol–water partition coefficient (Wildman–Crippen LogP) is 4.20. The van der Waals surface area contributed by atoms with Gasteiger partial charge in [-0.05, 0) is 75.6 Å². The first kappa shape index (κ1) is 27.3. The normalized spacial score (nSPS) is 29.0. The fraction of sp³-hybridized carbons (Fsp3) is 0.516. The Morgan fingerprint density at radius 3 is 2.36 bits per heavy atom. The number of unbranched alkanes of at least 4 members (excludes halogenated alkanes) is 2. The molecular weight excluding hydrogens is 494 g/mol. The van der Waals surface area contributed by atoms with E-state index in [4.69, 9.17) is 4.74 Å². The van der Waals surface area contributed by atoms with Gasteiger partial charge in [0.05, 0.1) is 17.4 Å². The third kappa shape index (κ3) is 4.53. The van der Waals surface area contributed by atoms with E-state index >= 15 is 0 Å². The minimum atomic E-state index is -1.07. The molecular formula is C31H39N3O5. The number of carbonyl (C=O) groups excluding carboxylic acids is 3. The zero-order valence-corrected chi connectivity index (χ0v) is 23.0. The number of likely N-dealkylation sites (tertiary alicyclic amines) is 1. The first-order chi connectivity index (χ1) is 18.8. The molecule has 2 bridgehead atoms. The van der Waals surface area contributed by atoms with Gasteiger partial charge in [0.1, 0.15) is 11.6 Å². The molecule has 0 radical (unpaired) electrons. The molecule has 3 saturated heterocycles. The van der Waals surface area contributed by atoms with Crippen LogP contribution in [0.1, 0.15) is 56.6 Å². The van der Waals surface area contributed by atoms with E-state index in [1.807, 2.05) is 69.3 Å². The number of hydrogen-bond donors (Lipinski definition) is 3. The maximum absolute atomic E-state index is 14.2. The number of rotatable bonds is 10. The van der Waals surface area contributed by atoms with Gasteiger partial charge in [-0.2, -0.15) is 0 Å². The number of aliphatic hydroxyl groups excluding tert-OH is 1. The lowest BCUT2D eigenvalue weighted by atomic mass is 9.65. The van der Waals surface area contributed by atoms with Crippen LogP contribution in [-0.4, -0.2) is 58.1 Å². The highest BCUT2D eigenvalue weighted by Gasteiger charge is 2.78. The van der Waals surface area contributed by atoms with Crippen molar-refractivity contribution in [2.45, 2.75) is 76.5 Å². The van der Waals surface area contributed by atoms with Crippen LogP contribution in [0.2, 0.25) is 0 Å². The van der Waals surface area contributed by atoms with Gasteiger partial charge < -0.3 is 25.4 Å². The molecule has 3 aliphatic heterocycles. The van der Waals surface area contributed by atoms with Gasteiger partial charge in [0.15, 0.2) is 0 Å². The lowest BCUT2D eigenvalue weighted by Gasteiger charge is -2.34. The van der Waals surface area contributed by atoms with Crippen molar-refractivity contribution in [3.05, 3.63) is 59.7 Å². The number of carbonyl (C=O) groups is 3. The first-order valence-electron chi connectivity index (χ1n) is 14.1. The SMILES string of the molecule is CC[C@@]12CCC3(O1)C(C(=O)Nc1c(C)cccc1C)N(CCCCCO)C(=O)[C@@H]3[C@@H]2C(=O)Nc1ccccc1. The van der Waals surface area contributed by atoms with E-state index in [0.717, 1.165) is 23.2 Å². The van der Waals surface area contributed by atoms with E-state index in [-0.39, 0.29) is 24.3 Å². The molecule has 0 aromatic heterocycles. The summed E-state index contributed by atoms with van der Waals surface area (Å²) < 4.78 is 6.83. The van der Waals surface area contributed by atoms with Crippen molar-refractivity contribution in [2.24, 2.45) is 11.8 Å². The van der Waals surface area contributed by atoms with E-state index in [1.54, 1.807) is 4.90 Å². The van der Waals surface area contributed by atoms with Gasteiger partial charge in [0.2, 0.25) is 17.7 Å². The molecule has 2 aromatic carbocycles. The number of aliphatic hydroxyl groups is 1. The molecule has 39 heavy (non-hydrogen) atoms. The Bertz CT molecular complexity index is 1230. The quantitative estimate of drug-likeness (QED) is 0.397. The van der Waals surface area contributed by atoms with Crippen LogP contribution in [0.25, 0.3) is 0 Å². The molecule has 3 fully saturated rings. The van der Waals surface area contributed by atoms with Gasteiger partial charge in [-0.25, -0.2) is 0 Å². The second-order valence-corrected chi connectivity index (χ2v) is 11.3. The van der Waals surface area contributed by atoms with Crippen LogP contribution < -0.4 is 10.6 Å². The number of benzene rings is 2. The Morgan fingerprint density at radius 2 is 1.69 bits per heavy atom. The second kappa shape index (κ2) is 10.7.